The van der Waals surface area contributed by atoms with Crippen LogP contribution in [-0.2, 0) is 38.5 Å². The largest absolute Gasteiger partial charge is 0.299 e. The van der Waals surface area contributed by atoms with Crippen LogP contribution in [0.3, 0.4) is 0 Å². The van der Waals surface area contributed by atoms with Gasteiger partial charge in [0.1, 0.15) is 17.5 Å². The van der Waals surface area contributed by atoms with Crippen LogP contribution >= 0.6 is 0 Å². The van der Waals surface area contributed by atoms with Gasteiger partial charge in [0.05, 0.1) is 17.1 Å². The maximum atomic E-state index is 4.97. The summed E-state index contributed by atoms with van der Waals surface area (Å²) in [4.78, 5) is 14.9. The Bertz CT molecular complexity index is 4160. The zero-order valence-electron chi connectivity index (χ0n) is 63.0. The Hall–Kier alpha value is -9.39. The molecule has 6 nitrogen and oxygen atoms in total. The molecule has 3 aromatic heterocycles. The second-order valence-corrected chi connectivity index (χ2v) is 31.2. The second-order valence-electron chi connectivity index (χ2n) is 31.2. The molecule has 0 fully saturated rings. The van der Waals surface area contributed by atoms with E-state index in [1.807, 2.05) is 18.6 Å². The lowest BCUT2D eigenvalue weighted by atomic mass is 9.86. The highest BCUT2D eigenvalue weighted by molar-refractivity contribution is 5.76. The molecule has 1 aliphatic carbocycles. The van der Waals surface area contributed by atoms with Crippen LogP contribution in [-0.4, -0.2) is 28.7 Å². The molecule has 0 saturated carbocycles. The molecule has 102 heavy (non-hydrogen) atoms. The zero-order chi connectivity index (χ0) is 71.0. The van der Waals surface area contributed by atoms with E-state index in [9.17, 15) is 0 Å². The molecule has 1 aliphatic rings. The van der Waals surface area contributed by atoms with Gasteiger partial charge in [0, 0.05) is 53.9 Å². The summed E-state index contributed by atoms with van der Waals surface area (Å²) < 4.78 is 7.07. The third-order valence-electron chi connectivity index (χ3n) is 21.4. The minimum Gasteiger partial charge on any atom is -0.299 e. The van der Waals surface area contributed by atoms with Crippen LogP contribution < -0.4 is 0 Å². The van der Waals surface area contributed by atoms with E-state index >= 15 is 0 Å². The molecule has 0 atom stereocenters. The third kappa shape index (κ3) is 16.1. The summed E-state index contributed by atoms with van der Waals surface area (Å²) in [7, 11) is 0. The summed E-state index contributed by atoms with van der Waals surface area (Å²) >= 11 is 0. The van der Waals surface area contributed by atoms with Crippen molar-refractivity contribution in [1.82, 2.24) is 28.7 Å². The average molecular weight is 1350 g/mol. The molecule has 0 saturated heterocycles. The average Bonchev–Trinajstić information content (AvgIpc) is 1.34. The summed E-state index contributed by atoms with van der Waals surface area (Å²) in [5.41, 5.74) is 32.1. The first-order valence-electron chi connectivity index (χ1n) is 38.7. The van der Waals surface area contributed by atoms with Crippen LogP contribution in [0.25, 0.3) is 84.6 Å². The number of nitrogens with zero attached hydrogens (tertiary/aromatic N) is 6. The highest BCUT2D eigenvalue weighted by Gasteiger charge is 2.26. The minimum atomic E-state index is 0.303. The Balaban J connectivity index is 0.863. The van der Waals surface area contributed by atoms with Gasteiger partial charge in [-0.3, -0.25) is 13.7 Å². The molecule has 0 spiro atoms. The number of hydrogen-bond donors (Lipinski definition) is 0. The van der Waals surface area contributed by atoms with E-state index in [4.69, 9.17) is 15.0 Å². The van der Waals surface area contributed by atoms with Crippen molar-refractivity contribution in [1.29, 1.82) is 0 Å². The van der Waals surface area contributed by atoms with E-state index in [1.54, 1.807) is 0 Å². The molecule has 3 heterocycles. The van der Waals surface area contributed by atoms with Crippen molar-refractivity contribution in [2.24, 2.45) is 0 Å². The van der Waals surface area contributed by atoms with Crippen LogP contribution in [0.15, 0.2) is 219 Å². The van der Waals surface area contributed by atoms with Crippen LogP contribution in [0.4, 0.5) is 0 Å². The fourth-order valence-electron chi connectivity index (χ4n) is 16.0. The summed E-state index contributed by atoms with van der Waals surface area (Å²) in [5.74, 6) is 4.77. The first-order chi connectivity index (χ1) is 49.5. The van der Waals surface area contributed by atoms with E-state index in [2.05, 4.69) is 297 Å². The van der Waals surface area contributed by atoms with Crippen molar-refractivity contribution in [2.75, 3.05) is 0 Å². The van der Waals surface area contributed by atoms with Crippen molar-refractivity contribution >= 4 is 0 Å². The summed E-state index contributed by atoms with van der Waals surface area (Å²) in [6, 6.07) is 70.1. The lowest BCUT2D eigenvalue weighted by Gasteiger charge is -2.24. The first-order valence-corrected chi connectivity index (χ1v) is 38.7. The van der Waals surface area contributed by atoms with Gasteiger partial charge in [0.2, 0.25) is 0 Å². The van der Waals surface area contributed by atoms with Crippen LogP contribution in [0.1, 0.15) is 243 Å². The molecular weight excluding hydrogens is 1240 g/mol. The molecule has 6 bridgehead atoms. The molecule has 522 valence electrons. The monoisotopic (exact) mass is 1340 g/mol. The summed E-state index contributed by atoms with van der Waals surface area (Å²) in [6.45, 7) is 28.3. The van der Waals surface area contributed by atoms with Crippen molar-refractivity contribution in [2.45, 2.75) is 215 Å². The van der Waals surface area contributed by atoms with E-state index < -0.39 is 0 Å². The fourth-order valence-corrected chi connectivity index (χ4v) is 16.0. The third-order valence-corrected chi connectivity index (χ3v) is 21.4. The molecule has 0 N–H and O–H groups in total. The summed E-state index contributed by atoms with van der Waals surface area (Å²) in [5, 5.41) is 0. The van der Waals surface area contributed by atoms with Crippen LogP contribution in [0, 0.1) is 0 Å². The zero-order valence-corrected chi connectivity index (χ0v) is 63.0. The molecule has 0 radical (unpaired) electrons. The molecule has 12 aromatic rings. The Morgan fingerprint density at radius 3 is 0.618 bits per heavy atom. The molecule has 9 aromatic carbocycles. The SMILES string of the molecule is CC(C)c1cc(-c2cc3cc(c2)CCCCCc2cc(cc(-c4cc(C(C)C)c(-n5ccnc5-c5ccccc5)c(C(C)C)c4)c2)CCCCCc2cc(cc(-c4cc(C(C)C)c(-n5ccnc5-c5ccccc5)c(C(C)C)c4)c2)CCCCC3)cc(C(C)C)c1-n1ccnc1-c1ccccc1. The van der Waals surface area contributed by atoms with E-state index in [0.29, 0.717) is 35.5 Å². The Labute approximate surface area is 610 Å². The first kappa shape index (κ1) is 71.0. The maximum Gasteiger partial charge on any atom is 0.144 e. The molecule has 13 rings (SSSR count). The minimum absolute atomic E-state index is 0.303. The van der Waals surface area contributed by atoms with Gasteiger partial charge in [-0.2, -0.15) is 0 Å². The normalized spacial score (nSPS) is 13.8. The number of benzene rings is 9. The standard InChI is InChI=1S/C96H108N6/c1-64(2)85-58-82(59-86(65(3)4)91(85)100-46-43-97-94(100)76-37-25-16-26-38-76)79-52-70-31-19-13-21-33-72-50-74(56-80(54-72)83-60-87(66(5)6)92(88(61-83)67(7)8)101-47-44-98-95(101)77-39-27-17-28-40-77)35-23-15-24-36-75-51-73(34-22-14-20-32-71(49-70)53-79)55-81(57-75)84-62-89(68(9)10)93(90(63-84)69(11)12)102-48-45-99-96(102)78-41-29-18-30-42-78/h16-18,25-30,37-69H,13-15,19-24,31-36H2,1-12H3. The number of imidazole rings is 3. The van der Waals surface area contributed by atoms with Gasteiger partial charge in [-0.05, 0) is 249 Å². The molecule has 0 amide bonds. The predicted molar refractivity (Wildman–Crippen MR) is 432 cm³/mol. The number of fused-ring (bicyclic) bond motifs is 6. The van der Waals surface area contributed by atoms with Gasteiger partial charge in [-0.15, -0.1) is 0 Å². The smallest absolute Gasteiger partial charge is 0.144 e. The molecule has 0 unspecified atom stereocenters. The Morgan fingerprint density at radius 1 is 0.225 bits per heavy atom. The molecular formula is C96H108N6. The van der Waals surface area contributed by atoms with Gasteiger partial charge in [-0.25, -0.2) is 15.0 Å². The Kier molecular flexibility index (Phi) is 22.5. The van der Waals surface area contributed by atoms with E-state index in [-0.39, 0.29) is 0 Å². The second kappa shape index (κ2) is 32.3. The highest BCUT2D eigenvalue weighted by Crippen LogP contribution is 2.43. The number of rotatable bonds is 15. The van der Waals surface area contributed by atoms with E-state index in [0.717, 1.165) is 111 Å². The van der Waals surface area contributed by atoms with Crippen molar-refractivity contribution in [3.63, 3.8) is 0 Å². The van der Waals surface area contributed by atoms with Gasteiger partial charge in [-0.1, -0.05) is 248 Å². The number of aryl methyl sites for hydroxylation is 6. The quantitative estimate of drug-likeness (QED) is 0.103. The Morgan fingerprint density at radius 2 is 0.422 bits per heavy atom. The lowest BCUT2D eigenvalue weighted by Crippen LogP contribution is -2.09. The van der Waals surface area contributed by atoms with Crippen molar-refractivity contribution in [3.05, 3.63) is 286 Å². The van der Waals surface area contributed by atoms with Gasteiger partial charge in [0.15, 0.2) is 0 Å². The number of aromatic nitrogens is 6. The predicted octanol–water partition coefficient (Wildman–Crippen LogP) is 26.2. The van der Waals surface area contributed by atoms with Crippen LogP contribution in [0.2, 0.25) is 0 Å². The topological polar surface area (TPSA) is 53.5 Å². The van der Waals surface area contributed by atoms with Gasteiger partial charge in [0.25, 0.3) is 0 Å². The van der Waals surface area contributed by atoms with Crippen LogP contribution in [0.5, 0.6) is 0 Å². The summed E-state index contributed by atoms with van der Waals surface area (Å²) in [6.07, 6.45) is 29.3. The van der Waals surface area contributed by atoms with Crippen molar-refractivity contribution in [3.8, 4) is 84.6 Å². The van der Waals surface area contributed by atoms with Gasteiger partial charge >= 0.3 is 0 Å². The van der Waals surface area contributed by atoms with Crippen molar-refractivity contribution < 1.29 is 0 Å². The van der Waals surface area contributed by atoms with Gasteiger partial charge < -0.3 is 0 Å². The molecule has 6 heteroatoms. The lowest BCUT2D eigenvalue weighted by molar-refractivity contribution is 0.666. The van der Waals surface area contributed by atoms with E-state index in [1.165, 1.54) is 136 Å². The highest BCUT2D eigenvalue weighted by atomic mass is 15.1. The number of hydrogen-bond acceptors (Lipinski definition) is 3. The maximum absolute atomic E-state index is 4.97. The molecule has 0 aliphatic heterocycles. The fraction of sp³-hybridized carbons (Fsp3) is 0.344.